The zero-order valence-electron chi connectivity index (χ0n) is 15.1. The minimum absolute atomic E-state index is 0.0000482. The first-order valence-corrected chi connectivity index (χ1v) is 8.74. The van der Waals surface area contributed by atoms with Gasteiger partial charge in [-0.2, -0.15) is 0 Å². The van der Waals surface area contributed by atoms with E-state index in [0.29, 0.717) is 5.57 Å². The Kier molecular flexibility index (Phi) is 3.85. The number of ketones is 2. The molecule has 1 fully saturated rings. The number of carbonyl (C=O) groups is 3. The van der Waals surface area contributed by atoms with Crippen molar-refractivity contribution in [3.63, 3.8) is 0 Å². The number of fused-ring (bicyclic) bond motifs is 3. The van der Waals surface area contributed by atoms with Crippen LogP contribution in [0.4, 0.5) is 0 Å². The van der Waals surface area contributed by atoms with Crippen LogP contribution in [0.5, 0.6) is 0 Å². The van der Waals surface area contributed by atoms with Crippen molar-refractivity contribution >= 4 is 17.5 Å². The van der Waals surface area contributed by atoms with E-state index in [2.05, 4.69) is 20.8 Å². The van der Waals surface area contributed by atoms with Gasteiger partial charge in [0.25, 0.3) is 0 Å². The van der Waals surface area contributed by atoms with Gasteiger partial charge in [0.15, 0.2) is 11.6 Å². The largest absolute Gasteiger partial charge is 0.457 e. The molecule has 130 valence electrons. The van der Waals surface area contributed by atoms with Crippen LogP contribution in [0.25, 0.3) is 0 Å². The van der Waals surface area contributed by atoms with Crippen LogP contribution in [0.1, 0.15) is 53.9 Å². The van der Waals surface area contributed by atoms with E-state index < -0.39 is 23.9 Å². The summed E-state index contributed by atoms with van der Waals surface area (Å²) in [6, 6.07) is 0. The summed E-state index contributed by atoms with van der Waals surface area (Å²) in [5, 5.41) is 0. The number of hydrogen-bond donors (Lipinski definition) is 0. The second-order valence-electron chi connectivity index (χ2n) is 8.41. The summed E-state index contributed by atoms with van der Waals surface area (Å²) < 4.78 is 5.50. The molecule has 4 nitrogen and oxygen atoms in total. The third-order valence-electron chi connectivity index (χ3n) is 6.23. The fourth-order valence-electron chi connectivity index (χ4n) is 5.26. The molecule has 4 atom stereocenters. The molecule has 0 aromatic carbocycles. The predicted molar refractivity (Wildman–Crippen MR) is 90.1 cm³/mol. The van der Waals surface area contributed by atoms with Crippen molar-refractivity contribution in [3.05, 3.63) is 23.3 Å². The predicted octanol–water partition coefficient (Wildman–Crippen LogP) is 3.41. The van der Waals surface area contributed by atoms with Crippen molar-refractivity contribution in [1.82, 2.24) is 0 Å². The van der Waals surface area contributed by atoms with E-state index in [1.807, 2.05) is 6.08 Å². The highest BCUT2D eigenvalue weighted by molar-refractivity contribution is 6.11. The van der Waals surface area contributed by atoms with Crippen molar-refractivity contribution in [2.24, 2.45) is 22.7 Å². The average molecular weight is 330 g/mol. The molecule has 24 heavy (non-hydrogen) atoms. The maximum absolute atomic E-state index is 12.9. The van der Waals surface area contributed by atoms with Crippen molar-refractivity contribution in [2.45, 2.75) is 60.0 Å². The molecular formula is C20H26O4. The summed E-state index contributed by atoms with van der Waals surface area (Å²) in [6.45, 7) is 9.50. The molecular weight excluding hydrogens is 304 g/mol. The number of allylic oxidation sites excluding steroid dienone is 3. The highest BCUT2D eigenvalue weighted by Gasteiger charge is 2.58. The van der Waals surface area contributed by atoms with Gasteiger partial charge in [0.1, 0.15) is 6.10 Å². The Labute approximate surface area is 143 Å². The molecule has 1 saturated carbocycles. The Morgan fingerprint density at radius 2 is 1.88 bits per heavy atom. The van der Waals surface area contributed by atoms with Crippen molar-refractivity contribution in [1.29, 1.82) is 0 Å². The first-order chi connectivity index (χ1) is 11.1. The fourth-order valence-corrected chi connectivity index (χ4v) is 5.26. The van der Waals surface area contributed by atoms with Crippen LogP contribution in [-0.2, 0) is 19.1 Å². The topological polar surface area (TPSA) is 60.4 Å². The number of Topliss-reactive ketones (excluding diaryl/α,β-unsaturated/α-hetero) is 1. The number of hydrogen-bond acceptors (Lipinski definition) is 4. The first kappa shape index (κ1) is 17.1. The summed E-state index contributed by atoms with van der Waals surface area (Å²) in [4.78, 5) is 37.3. The quantitative estimate of drug-likeness (QED) is 0.546. The highest BCUT2D eigenvalue weighted by Crippen LogP contribution is 2.60. The van der Waals surface area contributed by atoms with Crippen molar-refractivity contribution < 1.29 is 19.1 Å². The molecule has 4 heteroatoms. The first-order valence-electron chi connectivity index (χ1n) is 8.74. The van der Waals surface area contributed by atoms with Crippen LogP contribution in [0.3, 0.4) is 0 Å². The Hall–Kier alpha value is -1.71. The third-order valence-corrected chi connectivity index (χ3v) is 6.23. The standard InChI is InChI=1S/C20H26O4/c1-11-9-13(22)17-16(18(11)23)14(24-12(2)21)10-15-19(3,4)7-6-8-20(15,17)5/h9-10,14,16-17H,6-8H2,1-5H3/t14-,16?,17?,20?/m1/s1. The van der Waals surface area contributed by atoms with Gasteiger partial charge in [0.2, 0.25) is 0 Å². The summed E-state index contributed by atoms with van der Waals surface area (Å²) in [6.07, 6.45) is 5.79. The zero-order chi connectivity index (χ0) is 17.9. The molecule has 0 amide bonds. The lowest BCUT2D eigenvalue weighted by Crippen LogP contribution is -2.56. The van der Waals surface area contributed by atoms with E-state index in [1.165, 1.54) is 18.6 Å². The Bertz CT molecular complexity index is 682. The number of esters is 1. The van der Waals surface area contributed by atoms with Gasteiger partial charge < -0.3 is 4.74 Å². The Balaban J connectivity index is 2.20. The van der Waals surface area contributed by atoms with Crippen LogP contribution < -0.4 is 0 Å². The van der Waals surface area contributed by atoms with Gasteiger partial charge in [-0.15, -0.1) is 0 Å². The van der Waals surface area contributed by atoms with E-state index in [-0.39, 0.29) is 22.4 Å². The molecule has 3 rings (SSSR count). The maximum atomic E-state index is 12.9. The maximum Gasteiger partial charge on any atom is 0.303 e. The van der Waals surface area contributed by atoms with E-state index in [4.69, 9.17) is 4.74 Å². The lowest BCUT2D eigenvalue weighted by Gasteiger charge is -2.55. The van der Waals surface area contributed by atoms with Gasteiger partial charge in [-0.25, -0.2) is 0 Å². The minimum atomic E-state index is -0.645. The second-order valence-corrected chi connectivity index (χ2v) is 8.41. The summed E-state index contributed by atoms with van der Waals surface area (Å²) >= 11 is 0. The number of carbonyl (C=O) groups excluding carboxylic acids is 3. The van der Waals surface area contributed by atoms with Gasteiger partial charge >= 0.3 is 5.97 Å². The Morgan fingerprint density at radius 3 is 2.50 bits per heavy atom. The third kappa shape index (κ3) is 2.38. The van der Waals surface area contributed by atoms with Crippen LogP contribution in [0.15, 0.2) is 23.3 Å². The van der Waals surface area contributed by atoms with Crippen molar-refractivity contribution in [3.8, 4) is 0 Å². The van der Waals surface area contributed by atoms with Gasteiger partial charge in [-0.05, 0) is 48.3 Å². The Morgan fingerprint density at radius 1 is 1.21 bits per heavy atom. The fraction of sp³-hybridized carbons (Fsp3) is 0.650. The van der Waals surface area contributed by atoms with E-state index in [1.54, 1.807) is 6.92 Å². The molecule has 0 aliphatic heterocycles. The van der Waals surface area contributed by atoms with Crippen molar-refractivity contribution in [2.75, 3.05) is 0 Å². The molecule has 0 spiro atoms. The van der Waals surface area contributed by atoms with Gasteiger partial charge in [0.05, 0.1) is 5.92 Å². The molecule has 0 aromatic rings. The number of ether oxygens (including phenoxy) is 1. The average Bonchev–Trinajstić information content (AvgIpc) is 2.44. The molecule has 0 aromatic heterocycles. The number of rotatable bonds is 1. The van der Waals surface area contributed by atoms with Crippen LogP contribution >= 0.6 is 0 Å². The monoisotopic (exact) mass is 330 g/mol. The molecule has 0 saturated heterocycles. The smallest absolute Gasteiger partial charge is 0.303 e. The summed E-state index contributed by atoms with van der Waals surface area (Å²) in [5.74, 6) is -1.50. The van der Waals surface area contributed by atoms with Crippen LogP contribution in [0.2, 0.25) is 0 Å². The van der Waals surface area contributed by atoms with E-state index in [9.17, 15) is 14.4 Å². The molecule has 3 unspecified atom stereocenters. The lowest BCUT2D eigenvalue weighted by molar-refractivity contribution is -0.156. The summed E-state index contributed by atoms with van der Waals surface area (Å²) in [7, 11) is 0. The normalized spacial score (nSPS) is 37.8. The highest BCUT2D eigenvalue weighted by atomic mass is 16.5. The minimum Gasteiger partial charge on any atom is -0.457 e. The molecule has 3 aliphatic carbocycles. The second kappa shape index (κ2) is 5.40. The lowest BCUT2D eigenvalue weighted by atomic mass is 9.48. The molecule has 0 N–H and O–H groups in total. The molecule has 0 radical (unpaired) electrons. The molecule has 0 bridgehead atoms. The molecule has 0 heterocycles. The van der Waals surface area contributed by atoms with Gasteiger partial charge in [-0.1, -0.05) is 32.8 Å². The van der Waals surface area contributed by atoms with Crippen LogP contribution in [-0.4, -0.2) is 23.6 Å². The van der Waals surface area contributed by atoms with Gasteiger partial charge in [-0.3, -0.25) is 14.4 Å². The molecule has 3 aliphatic rings. The summed E-state index contributed by atoms with van der Waals surface area (Å²) in [5.41, 5.74) is 1.24. The SMILES string of the molecule is CC(=O)O[C@@H]1C=C2C(C)(C)CCCC2(C)C2C(=O)C=C(C)C(=O)C21. The van der Waals surface area contributed by atoms with E-state index in [0.717, 1.165) is 19.3 Å². The van der Waals surface area contributed by atoms with Gasteiger partial charge in [0, 0.05) is 12.8 Å². The van der Waals surface area contributed by atoms with Crippen LogP contribution in [0, 0.1) is 22.7 Å². The zero-order valence-corrected chi connectivity index (χ0v) is 15.1. The van der Waals surface area contributed by atoms with E-state index >= 15 is 0 Å².